The maximum absolute atomic E-state index is 12.2. The lowest BCUT2D eigenvalue weighted by molar-refractivity contribution is -0.116. The first kappa shape index (κ1) is 17.0. The molecule has 0 aliphatic carbocycles. The van der Waals surface area contributed by atoms with Crippen LogP contribution in [0.25, 0.3) is 10.9 Å². The van der Waals surface area contributed by atoms with Gasteiger partial charge in [-0.2, -0.15) is 0 Å². The minimum absolute atomic E-state index is 0.0291. The van der Waals surface area contributed by atoms with Gasteiger partial charge in [0, 0.05) is 36.7 Å². The minimum Gasteiger partial charge on any atom is -0.497 e. The lowest BCUT2D eigenvalue weighted by Crippen LogP contribution is -2.14. The molecule has 7 nitrogen and oxygen atoms in total. The van der Waals surface area contributed by atoms with Crippen LogP contribution in [0.15, 0.2) is 30.5 Å². The molecule has 1 saturated heterocycles. The highest BCUT2D eigenvalue weighted by atomic mass is 32.1. The first-order valence-electron chi connectivity index (χ1n) is 8.60. The van der Waals surface area contributed by atoms with Crippen LogP contribution < -0.4 is 10.1 Å². The van der Waals surface area contributed by atoms with Gasteiger partial charge in [0.2, 0.25) is 11.0 Å². The molecule has 1 N–H and O–H groups in total. The monoisotopic (exact) mass is 372 g/mol. The zero-order valence-corrected chi connectivity index (χ0v) is 15.3. The number of aryl methyl sites for hydroxylation is 1. The molecule has 1 atom stereocenters. The topological polar surface area (TPSA) is 78.3 Å². The summed E-state index contributed by atoms with van der Waals surface area (Å²) in [6, 6.07) is 7.94. The van der Waals surface area contributed by atoms with Crippen LogP contribution in [0.1, 0.15) is 30.4 Å². The van der Waals surface area contributed by atoms with Crippen molar-refractivity contribution in [3.8, 4) is 5.75 Å². The molecule has 3 aromatic rings. The molecule has 136 valence electrons. The number of hydrogen-bond donors (Lipinski definition) is 1. The van der Waals surface area contributed by atoms with Crippen LogP contribution in [0.2, 0.25) is 0 Å². The summed E-state index contributed by atoms with van der Waals surface area (Å²) < 4.78 is 12.9. The van der Waals surface area contributed by atoms with E-state index in [1.54, 1.807) is 7.11 Å². The number of nitrogens with one attached hydrogen (secondary N) is 1. The zero-order valence-electron chi connectivity index (χ0n) is 14.5. The van der Waals surface area contributed by atoms with Gasteiger partial charge in [-0.15, -0.1) is 10.2 Å². The number of ether oxygens (including phenoxy) is 2. The fourth-order valence-electron chi connectivity index (χ4n) is 3.09. The molecular weight excluding hydrogens is 352 g/mol. The molecule has 0 spiro atoms. The first-order valence-corrected chi connectivity index (χ1v) is 9.42. The maximum atomic E-state index is 12.2. The number of rotatable bonds is 6. The molecule has 0 bridgehead atoms. The second-order valence-corrected chi connectivity index (χ2v) is 7.19. The maximum Gasteiger partial charge on any atom is 0.227 e. The van der Waals surface area contributed by atoms with E-state index in [9.17, 15) is 4.79 Å². The smallest absolute Gasteiger partial charge is 0.227 e. The number of aromatic nitrogens is 3. The van der Waals surface area contributed by atoms with Crippen LogP contribution in [0.3, 0.4) is 0 Å². The van der Waals surface area contributed by atoms with Gasteiger partial charge in [-0.25, -0.2) is 0 Å². The molecule has 1 aliphatic heterocycles. The van der Waals surface area contributed by atoms with E-state index in [2.05, 4.69) is 20.1 Å². The molecular formula is C18H20N4O3S. The Bertz CT molecular complexity index is 914. The predicted molar refractivity (Wildman–Crippen MR) is 99.6 cm³/mol. The summed E-state index contributed by atoms with van der Waals surface area (Å²) in [5, 5.41) is 13.5. The largest absolute Gasteiger partial charge is 0.497 e. The van der Waals surface area contributed by atoms with Crippen molar-refractivity contribution in [3.05, 3.63) is 35.5 Å². The molecule has 1 fully saturated rings. The number of benzene rings is 1. The molecule has 1 aliphatic rings. The number of hydrogen-bond acceptors (Lipinski definition) is 6. The van der Waals surface area contributed by atoms with Crippen LogP contribution in [0, 0.1) is 0 Å². The Labute approximate surface area is 154 Å². The van der Waals surface area contributed by atoms with Crippen LogP contribution in [0.5, 0.6) is 5.75 Å². The summed E-state index contributed by atoms with van der Waals surface area (Å²) >= 11 is 1.39. The number of fused-ring (bicyclic) bond motifs is 1. The highest BCUT2D eigenvalue weighted by Crippen LogP contribution is 2.31. The fraction of sp³-hybridized carbons (Fsp3) is 0.389. The van der Waals surface area contributed by atoms with E-state index in [-0.39, 0.29) is 12.0 Å². The second-order valence-electron chi connectivity index (χ2n) is 6.18. The third-order valence-electron chi connectivity index (χ3n) is 4.45. The average molecular weight is 372 g/mol. The van der Waals surface area contributed by atoms with Gasteiger partial charge in [-0.1, -0.05) is 11.3 Å². The number of carbonyl (C=O) groups excluding carboxylic acids is 1. The first-order chi connectivity index (χ1) is 12.7. The van der Waals surface area contributed by atoms with E-state index in [0.29, 0.717) is 18.1 Å². The van der Waals surface area contributed by atoms with Crippen molar-refractivity contribution in [2.45, 2.75) is 31.9 Å². The van der Waals surface area contributed by atoms with Crippen LogP contribution in [-0.4, -0.2) is 34.4 Å². The van der Waals surface area contributed by atoms with Crippen LogP contribution in [0.4, 0.5) is 5.13 Å². The number of anilines is 1. The highest BCUT2D eigenvalue weighted by Gasteiger charge is 2.22. The molecule has 8 heteroatoms. The molecule has 1 aromatic carbocycles. The molecule has 0 unspecified atom stereocenters. The van der Waals surface area contributed by atoms with Crippen molar-refractivity contribution in [1.29, 1.82) is 0 Å². The number of methoxy groups -OCH3 is 1. The Hall–Kier alpha value is -2.45. The van der Waals surface area contributed by atoms with Crippen molar-refractivity contribution in [2.75, 3.05) is 19.0 Å². The van der Waals surface area contributed by atoms with Crippen LogP contribution in [-0.2, 0) is 16.1 Å². The van der Waals surface area contributed by atoms with Crippen LogP contribution >= 0.6 is 11.3 Å². The van der Waals surface area contributed by atoms with E-state index in [4.69, 9.17) is 9.47 Å². The van der Waals surface area contributed by atoms with Gasteiger partial charge in [0.25, 0.3) is 0 Å². The van der Waals surface area contributed by atoms with E-state index >= 15 is 0 Å². The van der Waals surface area contributed by atoms with Gasteiger partial charge in [-0.3, -0.25) is 4.79 Å². The van der Waals surface area contributed by atoms with Crippen molar-refractivity contribution in [2.24, 2.45) is 0 Å². The number of carbonyl (C=O) groups is 1. The third-order valence-corrected chi connectivity index (χ3v) is 5.38. The molecule has 4 rings (SSSR count). The zero-order chi connectivity index (χ0) is 17.9. The summed E-state index contributed by atoms with van der Waals surface area (Å²) in [6.45, 7) is 1.36. The van der Waals surface area contributed by atoms with Gasteiger partial charge >= 0.3 is 0 Å². The van der Waals surface area contributed by atoms with E-state index in [0.717, 1.165) is 41.1 Å². The highest BCUT2D eigenvalue weighted by molar-refractivity contribution is 7.15. The van der Waals surface area contributed by atoms with Gasteiger partial charge in [-0.05, 0) is 37.1 Å². The molecule has 0 radical (unpaired) electrons. The Morgan fingerprint density at radius 1 is 1.42 bits per heavy atom. The lowest BCUT2D eigenvalue weighted by atomic mass is 10.2. The molecule has 1 amide bonds. The lowest BCUT2D eigenvalue weighted by Gasteiger charge is -2.06. The minimum atomic E-state index is -0.0737. The summed E-state index contributed by atoms with van der Waals surface area (Å²) in [5.41, 5.74) is 1.08. The van der Waals surface area contributed by atoms with E-state index in [1.807, 2.05) is 30.5 Å². The summed E-state index contributed by atoms with van der Waals surface area (Å²) in [7, 11) is 1.65. The van der Waals surface area contributed by atoms with Gasteiger partial charge in [0.1, 0.15) is 16.9 Å². The third kappa shape index (κ3) is 3.56. The fourth-order valence-corrected chi connectivity index (χ4v) is 3.94. The SMILES string of the molecule is COc1ccc2c(ccn2CCC(=O)Nc2nnc([C@@H]3CCCO3)s2)c1. The summed E-state index contributed by atoms with van der Waals surface area (Å²) in [5.74, 6) is 0.752. The van der Waals surface area contributed by atoms with E-state index < -0.39 is 0 Å². The molecule has 0 saturated carbocycles. The van der Waals surface area contributed by atoms with Crippen molar-refractivity contribution >= 4 is 33.3 Å². The quantitative estimate of drug-likeness (QED) is 0.718. The Morgan fingerprint density at radius 3 is 3.15 bits per heavy atom. The number of nitrogens with zero attached hydrogens (tertiary/aromatic N) is 3. The van der Waals surface area contributed by atoms with Gasteiger partial charge < -0.3 is 19.4 Å². The molecule has 26 heavy (non-hydrogen) atoms. The summed E-state index contributed by atoms with van der Waals surface area (Å²) in [4.78, 5) is 12.2. The van der Waals surface area contributed by atoms with E-state index in [1.165, 1.54) is 11.3 Å². The summed E-state index contributed by atoms with van der Waals surface area (Å²) in [6.07, 6.45) is 4.39. The standard InChI is InChI=1S/C18H20N4O3S/c1-24-13-4-5-14-12(11-13)6-8-22(14)9-7-16(23)19-18-21-20-17(26-18)15-3-2-10-25-15/h4-6,8,11,15H,2-3,7,9-10H2,1H3,(H,19,21,23)/t15-/m0/s1. The van der Waals surface area contributed by atoms with Gasteiger partial charge in [0.15, 0.2) is 0 Å². The van der Waals surface area contributed by atoms with Gasteiger partial charge in [0.05, 0.1) is 7.11 Å². The second kappa shape index (κ2) is 7.43. The van der Waals surface area contributed by atoms with Crippen molar-refractivity contribution in [3.63, 3.8) is 0 Å². The molecule has 2 aromatic heterocycles. The number of amides is 1. The van der Waals surface area contributed by atoms with Crippen molar-refractivity contribution < 1.29 is 14.3 Å². The average Bonchev–Trinajstić information content (AvgIpc) is 3.39. The Morgan fingerprint density at radius 2 is 2.35 bits per heavy atom. The van der Waals surface area contributed by atoms with Crippen molar-refractivity contribution in [1.82, 2.24) is 14.8 Å². The Kier molecular flexibility index (Phi) is 4.85. The normalized spacial score (nSPS) is 16.9. The Balaban J connectivity index is 1.35. The molecule has 3 heterocycles. The predicted octanol–water partition coefficient (Wildman–Crippen LogP) is 3.38.